The lowest BCUT2D eigenvalue weighted by molar-refractivity contribution is 0.0858. The van der Waals surface area contributed by atoms with Crippen LogP contribution >= 0.6 is 11.6 Å². The third-order valence-electron chi connectivity index (χ3n) is 2.60. The minimum atomic E-state index is -0.0991. The average molecular weight is 240 g/mol. The second-order valence-electron chi connectivity index (χ2n) is 3.86. The van der Waals surface area contributed by atoms with Gasteiger partial charge in [0, 0.05) is 23.7 Å². The van der Waals surface area contributed by atoms with E-state index >= 15 is 0 Å². The van der Waals surface area contributed by atoms with E-state index in [0.717, 1.165) is 19.4 Å². The van der Waals surface area contributed by atoms with Crippen molar-refractivity contribution in [3.63, 3.8) is 0 Å². The van der Waals surface area contributed by atoms with Crippen LogP contribution < -0.4 is 5.32 Å². The molecular formula is C12H14ClNO2. The van der Waals surface area contributed by atoms with E-state index in [2.05, 4.69) is 5.32 Å². The summed E-state index contributed by atoms with van der Waals surface area (Å²) in [5.74, 6) is -0.0991. The molecule has 0 radical (unpaired) electrons. The Bertz CT molecular complexity index is 375. The van der Waals surface area contributed by atoms with E-state index in [1.54, 1.807) is 24.3 Å². The predicted octanol–water partition coefficient (Wildman–Crippen LogP) is 2.25. The van der Waals surface area contributed by atoms with Gasteiger partial charge < -0.3 is 10.1 Å². The van der Waals surface area contributed by atoms with Crippen LogP contribution in [0.25, 0.3) is 0 Å². The molecule has 1 aromatic carbocycles. The van der Waals surface area contributed by atoms with Crippen molar-refractivity contribution in [3.8, 4) is 0 Å². The second-order valence-corrected chi connectivity index (χ2v) is 4.29. The van der Waals surface area contributed by atoms with E-state index in [1.807, 2.05) is 0 Å². The van der Waals surface area contributed by atoms with Crippen molar-refractivity contribution in [1.82, 2.24) is 5.32 Å². The van der Waals surface area contributed by atoms with E-state index in [4.69, 9.17) is 16.3 Å². The quantitative estimate of drug-likeness (QED) is 0.879. The number of ether oxygens (including phenoxy) is 1. The summed E-state index contributed by atoms with van der Waals surface area (Å²) in [5.41, 5.74) is 0.588. The van der Waals surface area contributed by atoms with Gasteiger partial charge in [-0.3, -0.25) is 4.79 Å². The molecule has 4 heteroatoms. The third kappa shape index (κ3) is 2.97. The summed E-state index contributed by atoms with van der Waals surface area (Å²) < 4.78 is 5.42. The Morgan fingerprint density at radius 2 is 2.44 bits per heavy atom. The second kappa shape index (κ2) is 5.32. The van der Waals surface area contributed by atoms with E-state index in [-0.39, 0.29) is 12.0 Å². The Labute approximate surface area is 99.7 Å². The number of benzene rings is 1. The largest absolute Gasteiger partial charge is 0.376 e. The van der Waals surface area contributed by atoms with Crippen molar-refractivity contribution < 1.29 is 9.53 Å². The van der Waals surface area contributed by atoms with Crippen LogP contribution in [0.5, 0.6) is 0 Å². The van der Waals surface area contributed by atoms with Crippen LogP contribution in [0, 0.1) is 0 Å². The number of hydrogen-bond acceptors (Lipinski definition) is 2. The molecule has 3 nitrogen and oxygen atoms in total. The van der Waals surface area contributed by atoms with E-state index in [0.29, 0.717) is 17.1 Å². The first-order valence-electron chi connectivity index (χ1n) is 5.41. The van der Waals surface area contributed by atoms with Crippen molar-refractivity contribution >= 4 is 17.5 Å². The lowest BCUT2D eigenvalue weighted by Crippen LogP contribution is -2.31. The van der Waals surface area contributed by atoms with E-state index in [9.17, 15) is 4.79 Å². The van der Waals surface area contributed by atoms with Crippen LogP contribution in [0.1, 0.15) is 23.2 Å². The minimum absolute atomic E-state index is 0.0991. The number of hydrogen-bond donors (Lipinski definition) is 1. The molecule has 0 unspecified atom stereocenters. The highest BCUT2D eigenvalue weighted by atomic mass is 35.5. The molecule has 0 aromatic heterocycles. The third-order valence-corrected chi connectivity index (χ3v) is 2.84. The average Bonchev–Trinajstić information content (AvgIpc) is 2.78. The van der Waals surface area contributed by atoms with Crippen molar-refractivity contribution in [2.24, 2.45) is 0 Å². The van der Waals surface area contributed by atoms with Crippen molar-refractivity contribution in [1.29, 1.82) is 0 Å². The molecule has 1 fully saturated rings. The van der Waals surface area contributed by atoms with Gasteiger partial charge in [-0.15, -0.1) is 0 Å². The molecule has 2 rings (SSSR count). The molecule has 0 saturated carbocycles. The van der Waals surface area contributed by atoms with Gasteiger partial charge in [-0.2, -0.15) is 0 Å². The highest BCUT2D eigenvalue weighted by Crippen LogP contribution is 2.12. The molecule has 1 aromatic rings. The predicted molar refractivity (Wildman–Crippen MR) is 62.8 cm³/mol. The van der Waals surface area contributed by atoms with Crippen molar-refractivity contribution in [3.05, 3.63) is 34.9 Å². The highest BCUT2D eigenvalue weighted by Gasteiger charge is 2.16. The molecule has 1 N–H and O–H groups in total. The first kappa shape index (κ1) is 11.4. The molecule has 1 aliphatic heterocycles. The zero-order valence-electron chi connectivity index (χ0n) is 8.91. The Morgan fingerprint density at radius 1 is 1.56 bits per heavy atom. The minimum Gasteiger partial charge on any atom is -0.376 e. The Balaban J connectivity index is 1.87. The van der Waals surface area contributed by atoms with Crippen molar-refractivity contribution in [2.75, 3.05) is 13.2 Å². The maximum Gasteiger partial charge on any atom is 0.251 e. The van der Waals surface area contributed by atoms with Crippen molar-refractivity contribution in [2.45, 2.75) is 18.9 Å². The summed E-state index contributed by atoms with van der Waals surface area (Å²) in [5, 5.41) is 3.42. The zero-order valence-corrected chi connectivity index (χ0v) is 9.67. The lowest BCUT2D eigenvalue weighted by Gasteiger charge is -2.10. The number of nitrogens with one attached hydrogen (secondary N) is 1. The summed E-state index contributed by atoms with van der Waals surface area (Å²) >= 11 is 5.81. The maximum absolute atomic E-state index is 11.7. The Kier molecular flexibility index (Phi) is 3.80. The first-order valence-corrected chi connectivity index (χ1v) is 5.79. The van der Waals surface area contributed by atoms with Gasteiger partial charge in [0.25, 0.3) is 5.91 Å². The van der Waals surface area contributed by atoms with Crippen LogP contribution in [0.3, 0.4) is 0 Å². The molecule has 86 valence electrons. The fourth-order valence-electron chi connectivity index (χ4n) is 1.74. The van der Waals surface area contributed by atoms with Crippen LogP contribution in [-0.4, -0.2) is 25.2 Å². The molecule has 0 aliphatic carbocycles. The standard InChI is InChI=1S/C12H14ClNO2/c13-10-4-1-3-9(7-10)12(15)14-8-11-5-2-6-16-11/h1,3-4,7,11H,2,5-6,8H2,(H,14,15)/t11-/m1/s1. The maximum atomic E-state index is 11.7. The van der Waals surface area contributed by atoms with Gasteiger partial charge in [0.1, 0.15) is 0 Å². The molecular weight excluding hydrogens is 226 g/mol. The van der Waals surface area contributed by atoms with Gasteiger partial charge in [0.05, 0.1) is 6.10 Å². The first-order chi connectivity index (χ1) is 7.75. The zero-order chi connectivity index (χ0) is 11.4. The van der Waals surface area contributed by atoms with Gasteiger partial charge in [0.2, 0.25) is 0 Å². The topological polar surface area (TPSA) is 38.3 Å². The van der Waals surface area contributed by atoms with Gasteiger partial charge in [-0.1, -0.05) is 17.7 Å². The van der Waals surface area contributed by atoms with Gasteiger partial charge in [0.15, 0.2) is 0 Å². The number of carbonyl (C=O) groups excluding carboxylic acids is 1. The Morgan fingerprint density at radius 3 is 3.12 bits per heavy atom. The monoisotopic (exact) mass is 239 g/mol. The normalized spacial score (nSPS) is 19.7. The van der Waals surface area contributed by atoms with Gasteiger partial charge >= 0.3 is 0 Å². The number of halogens is 1. The fraction of sp³-hybridized carbons (Fsp3) is 0.417. The molecule has 0 bridgehead atoms. The molecule has 1 amide bonds. The van der Waals surface area contributed by atoms with Gasteiger partial charge in [-0.25, -0.2) is 0 Å². The smallest absolute Gasteiger partial charge is 0.251 e. The molecule has 1 saturated heterocycles. The lowest BCUT2D eigenvalue weighted by atomic mass is 10.2. The SMILES string of the molecule is O=C(NC[C@H]1CCCO1)c1cccc(Cl)c1. The Hall–Kier alpha value is -1.06. The highest BCUT2D eigenvalue weighted by molar-refractivity contribution is 6.30. The van der Waals surface area contributed by atoms with Crippen LogP contribution in [0.4, 0.5) is 0 Å². The summed E-state index contributed by atoms with van der Waals surface area (Å²) in [4.78, 5) is 11.7. The summed E-state index contributed by atoms with van der Waals surface area (Å²) in [6, 6.07) is 6.92. The number of rotatable bonds is 3. The fourth-order valence-corrected chi connectivity index (χ4v) is 1.93. The van der Waals surface area contributed by atoms with Crippen LogP contribution in [0.15, 0.2) is 24.3 Å². The van der Waals surface area contributed by atoms with Crippen LogP contribution in [0.2, 0.25) is 5.02 Å². The molecule has 1 aliphatic rings. The molecule has 0 spiro atoms. The van der Waals surface area contributed by atoms with E-state index < -0.39 is 0 Å². The van der Waals surface area contributed by atoms with Gasteiger partial charge in [-0.05, 0) is 31.0 Å². The molecule has 16 heavy (non-hydrogen) atoms. The summed E-state index contributed by atoms with van der Waals surface area (Å²) in [6.07, 6.45) is 2.27. The molecule has 1 atom stereocenters. The number of amides is 1. The number of carbonyl (C=O) groups is 1. The summed E-state index contributed by atoms with van der Waals surface area (Å²) in [7, 11) is 0. The molecule has 1 heterocycles. The summed E-state index contributed by atoms with van der Waals surface area (Å²) in [6.45, 7) is 1.38. The van der Waals surface area contributed by atoms with Crippen LogP contribution in [-0.2, 0) is 4.74 Å². The van der Waals surface area contributed by atoms with E-state index in [1.165, 1.54) is 0 Å².